The SMILES string of the molecule is CC(C)C[C@@H](O)[C@@H](C)C(=O)[C@H](C)O[Si](c1ccccc1)(c1ccccc1)C(C)(C)C. The first-order valence-electron chi connectivity index (χ1n) is 11.0. The summed E-state index contributed by atoms with van der Waals surface area (Å²) in [7, 11) is -2.79. The maximum atomic E-state index is 13.3. The Morgan fingerprint density at radius 1 is 0.900 bits per heavy atom. The average molecular weight is 427 g/mol. The van der Waals surface area contributed by atoms with Crippen molar-refractivity contribution >= 4 is 24.5 Å². The van der Waals surface area contributed by atoms with Crippen LogP contribution in [0.3, 0.4) is 0 Å². The van der Waals surface area contributed by atoms with E-state index in [0.717, 1.165) is 10.4 Å². The van der Waals surface area contributed by atoms with E-state index in [1.54, 1.807) is 0 Å². The number of aliphatic hydroxyl groups excluding tert-OH is 1. The molecule has 0 radical (unpaired) electrons. The van der Waals surface area contributed by atoms with Crippen LogP contribution in [0.4, 0.5) is 0 Å². The van der Waals surface area contributed by atoms with E-state index in [2.05, 4.69) is 58.9 Å². The number of ketones is 1. The zero-order valence-electron chi connectivity index (χ0n) is 19.6. The highest BCUT2D eigenvalue weighted by atomic mass is 28.4. The minimum atomic E-state index is -2.79. The predicted octanol–water partition coefficient (Wildman–Crippen LogP) is 4.56. The smallest absolute Gasteiger partial charge is 0.262 e. The Morgan fingerprint density at radius 2 is 1.33 bits per heavy atom. The lowest BCUT2D eigenvalue weighted by Crippen LogP contribution is -2.68. The standard InChI is InChI=1S/C26H38O3Si/c1-19(2)18-24(27)20(3)25(28)21(4)29-30(26(5,6)7,22-14-10-8-11-15-22)23-16-12-9-13-17-23/h8-17,19-21,24,27H,18H2,1-7H3/t20-,21+,24-/m1/s1. The number of benzene rings is 2. The molecule has 164 valence electrons. The summed E-state index contributed by atoms with van der Waals surface area (Å²) in [6.07, 6.45) is -0.644. The normalized spacial score (nSPS) is 15.6. The van der Waals surface area contributed by atoms with E-state index in [-0.39, 0.29) is 10.8 Å². The Balaban J connectivity index is 2.49. The van der Waals surface area contributed by atoms with Gasteiger partial charge in [-0.25, -0.2) is 0 Å². The van der Waals surface area contributed by atoms with Crippen molar-refractivity contribution < 1.29 is 14.3 Å². The Bertz CT molecular complexity index is 757. The van der Waals surface area contributed by atoms with Crippen LogP contribution in [0.2, 0.25) is 5.04 Å². The molecule has 0 aliphatic rings. The Morgan fingerprint density at radius 3 is 1.70 bits per heavy atom. The Hall–Kier alpha value is -1.75. The summed E-state index contributed by atoms with van der Waals surface area (Å²) in [5, 5.41) is 12.6. The van der Waals surface area contributed by atoms with Crippen LogP contribution in [0, 0.1) is 11.8 Å². The minimum absolute atomic E-state index is 0.0314. The molecule has 0 aliphatic carbocycles. The van der Waals surface area contributed by atoms with Gasteiger partial charge in [-0.1, -0.05) is 102 Å². The molecule has 1 N–H and O–H groups in total. The third kappa shape index (κ3) is 5.29. The van der Waals surface area contributed by atoms with Crippen LogP contribution in [0.1, 0.15) is 54.9 Å². The molecule has 2 rings (SSSR count). The molecule has 0 aromatic heterocycles. The monoisotopic (exact) mass is 426 g/mol. The summed E-state index contributed by atoms with van der Waals surface area (Å²) >= 11 is 0. The van der Waals surface area contributed by atoms with E-state index >= 15 is 0 Å². The van der Waals surface area contributed by atoms with Crippen molar-refractivity contribution in [3.63, 3.8) is 0 Å². The predicted molar refractivity (Wildman–Crippen MR) is 128 cm³/mol. The summed E-state index contributed by atoms with van der Waals surface area (Å²) < 4.78 is 6.89. The van der Waals surface area contributed by atoms with Gasteiger partial charge in [0.05, 0.1) is 6.10 Å². The number of hydrogen-bond donors (Lipinski definition) is 1. The van der Waals surface area contributed by atoms with Crippen molar-refractivity contribution in [3.05, 3.63) is 60.7 Å². The molecule has 0 spiro atoms. The fourth-order valence-corrected chi connectivity index (χ4v) is 8.92. The summed E-state index contributed by atoms with van der Waals surface area (Å²) in [5.74, 6) is -0.153. The van der Waals surface area contributed by atoms with Crippen LogP contribution < -0.4 is 10.4 Å². The van der Waals surface area contributed by atoms with Crippen LogP contribution in [0.15, 0.2) is 60.7 Å². The molecule has 0 aliphatic heterocycles. The first kappa shape index (κ1) is 24.5. The van der Waals surface area contributed by atoms with E-state index in [9.17, 15) is 9.90 Å². The van der Waals surface area contributed by atoms with Crippen LogP contribution >= 0.6 is 0 Å². The number of aliphatic hydroxyl groups is 1. The molecule has 2 aromatic carbocycles. The number of hydrogen-bond acceptors (Lipinski definition) is 3. The molecule has 3 nitrogen and oxygen atoms in total. The molecule has 0 bridgehead atoms. The lowest BCUT2D eigenvalue weighted by molar-refractivity contribution is -0.132. The van der Waals surface area contributed by atoms with Crippen LogP contribution in [-0.2, 0) is 9.22 Å². The van der Waals surface area contributed by atoms with Crippen molar-refractivity contribution in [1.82, 2.24) is 0 Å². The lowest BCUT2D eigenvalue weighted by atomic mass is 9.91. The van der Waals surface area contributed by atoms with Gasteiger partial charge >= 0.3 is 0 Å². The molecule has 0 heterocycles. The zero-order valence-corrected chi connectivity index (χ0v) is 20.6. The van der Waals surface area contributed by atoms with Crippen molar-refractivity contribution in [1.29, 1.82) is 0 Å². The zero-order chi connectivity index (χ0) is 22.5. The van der Waals surface area contributed by atoms with Gasteiger partial charge in [-0.3, -0.25) is 4.79 Å². The van der Waals surface area contributed by atoms with Gasteiger partial charge in [0.1, 0.15) is 6.10 Å². The van der Waals surface area contributed by atoms with Gasteiger partial charge in [-0.05, 0) is 34.7 Å². The fraction of sp³-hybridized carbons (Fsp3) is 0.500. The second-order valence-electron chi connectivity index (χ2n) is 9.81. The van der Waals surface area contributed by atoms with Crippen LogP contribution in [0.5, 0.6) is 0 Å². The van der Waals surface area contributed by atoms with E-state index in [4.69, 9.17) is 4.43 Å². The number of rotatable bonds is 9. The van der Waals surface area contributed by atoms with Gasteiger partial charge in [0, 0.05) is 5.92 Å². The maximum absolute atomic E-state index is 13.3. The first-order chi connectivity index (χ1) is 14.0. The summed E-state index contributed by atoms with van der Waals surface area (Å²) in [4.78, 5) is 13.3. The number of carbonyl (C=O) groups is 1. The molecular weight excluding hydrogens is 388 g/mol. The third-order valence-corrected chi connectivity index (χ3v) is 11.0. The van der Waals surface area contributed by atoms with E-state index < -0.39 is 26.4 Å². The van der Waals surface area contributed by atoms with Crippen LogP contribution in [-0.4, -0.2) is 31.4 Å². The van der Waals surface area contributed by atoms with Gasteiger partial charge in [0.15, 0.2) is 5.78 Å². The molecule has 0 saturated heterocycles. The van der Waals surface area contributed by atoms with Crippen molar-refractivity contribution in [2.45, 2.75) is 72.1 Å². The number of carbonyl (C=O) groups excluding carboxylic acids is 1. The molecular formula is C26H38O3Si. The van der Waals surface area contributed by atoms with Gasteiger partial charge in [0.25, 0.3) is 8.32 Å². The van der Waals surface area contributed by atoms with Gasteiger partial charge < -0.3 is 9.53 Å². The number of Topliss-reactive ketones (excluding diaryl/α,β-unsaturated/α-hetero) is 1. The van der Waals surface area contributed by atoms with Crippen molar-refractivity contribution in [2.75, 3.05) is 0 Å². The molecule has 0 amide bonds. The topological polar surface area (TPSA) is 46.5 Å². The Kier molecular flexibility index (Phi) is 8.20. The van der Waals surface area contributed by atoms with Gasteiger partial charge in [0.2, 0.25) is 0 Å². The highest BCUT2D eigenvalue weighted by molar-refractivity contribution is 6.99. The second-order valence-corrected chi connectivity index (χ2v) is 14.1. The molecule has 0 unspecified atom stereocenters. The summed E-state index contributed by atoms with van der Waals surface area (Å²) in [6.45, 7) is 14.4. The van der Waals surface area contributed by atoms with Gasteiger partial charge in [-0.2, -0.15) is 0 Å². The molecule has 2 aromatic rings. The molecule has 4 heteroatoms. The summed E-state index contributed by atoms with van der Waals surface area (Å²) in [6, 6.07) is 20.7. The minimum Gasteiger partial charge on any atom is -0.398 e. The highest BCUT2D eigenvalue weighted by Crippen LogP contribution is 2.37. The molecule has 0 fully saturated rings. The first-order valence-corrected chi connectivity index (χ1v) is 12.9. The van der Waals surface area contributed by atoms with Gasteiger partial charge in [-0.15, -0.1) is 0 Å². The summed E-state index contributed by atoms with van der Waals surface area (Å²) in [5.41, 5.74) is 0. The molecule has 30 heavy (non-hydrogen) atoms. The van der Waals surface area contributed by atoms with Crippen molar-refractivity contribution in [3.8, 4) is 0 Å². The largest absolute Gasteiger partial charge is 0.398 e. The fourth-order valence-electron chi connectivity index (χ4n) is 4.26. The van der Waals surface area contributed by atoms with E-state index in [0.29, 0.717) is 12.3 Å². The lowest BCUT2D eigenvalue weighted by Gasteiger charge is -2.44. The molecule has 3 atom stereocenters. The third-order valence-electron chi connectivity index (χ3n) is 5.91. The van der Waals surface area contributed by atoms with E-state index in [1.165, 1.54) is 0 Å². The van der Waals surface area contributed by atoms with E-state index in [1.807, 2.05) is 50.2 Å². The van der Waals surface area contributed by atoms with Crippen LogP contribution in [0.25, 0.3) is 0 Å². The maximum Gasteiger partial charge on any atom is 0.262 e. The Labute approximate surface area is 183 Å². The average Bonchev–Trinajstić information content (AvgIpc) is 2.70. The quantitative estimate of drug-likeness (QED) is 0.598. The second kappa shape index (κ2) is 10.0. The molecule has 0 saturated carbocycles. The van der Waals surface area contributed by atoms with Crippen molar-refractivity contribution in [2.24, 2.45) is 11.8 Å². The highest BCUT2D eigenvalue weighted by Gasteiger charge is 2.52.